The Labute approximate surface area is 71.0 Å². The van der Waals surface area contributed by atoms with E-state index in [0.717, 1.165) is 0 Å². The molecule has 0 radical (unpaired) electrons. The Balaban J connectivity index is 2.56. The molecule has 0 saturated carbocycles. The van der Waals surface area contributed by atoms with Crippen molar-refractivity contribution in [3.8, 4) is 0 Å². The van der Waals surface area contributed by atoms with Crippen LogP contribution in [0, 0.1) is 0 Å². The van der Waals surface area contributed by atoms with Gasteiger partial charge in [-0.3, -0.25) is 4.79 Å². The fraction of sp³-hybridized carbons (Fsp3) is 0.375. The van der Waals surface area contributed by atoms with E-state index in [-0.39, 0.29) is 12.6 Å². The van der Waals surface area contributed by atoms with Gasteiger partial charge in [-0.15, -0.1) is 0 Å². The van der Waals surface area contributed by atoms with E-state index >= 15 is 0 Å². The van der Waals surface area contributed by atoms with Gasteiger partial charge in [0.2, 0.25) is 0 Å². The predicted molar refractivity (Wildman–Crippen MR) is 45.5 cm³/mol. The number of carboxylic acid groups (broad SMARTS) is 1. The Hall–Kier alpha value is -1.29. The van der Waals surface area contributed by atoms with Gasteiger partial charge in [0.25, 0.3) is 0 Å². The second kappa shape index (κ2) is 3.92. The van der Waals surface area contributed by atoms with E-state index in [4.69, 9.17) is 10.8 Å². The molecule has 0 bridgehead atoms. The molecule has 1 heterocycles. The van der Waals surface area contributed by atoms with Crippen LogP contribution in [0.5, 0.6) is 0 Å². The van der Waals surface area contributed by atoms with Crippen LogP contribution in [0.2, 0.25) is 0 Å². The summed E-state index contributed by atoms with van der Waals surface area (Å²) >= 11 is 0. The monoisotopic (exact) mass is 168 g/mol. The van der Waals surface area contributed by atoms with Crippen LogP contribution in [0.15, 0.2) is 24.4 Å². The van der Waals surface area contributed by atoms with Crippen LogP contribution in [-0.2, 0) is 4.79 Å². The van der Waals surface area contributed by atoms with E-state index in [1.165, 1.54) is 0 Å². The fourth-order valence-electron chi connectivity index (χ4n) is 1.11. The van der Waals surface area contributed by atoms with Gasteiger partial charge < -0.3 is 15.7 Å². The molecule has 66 valence electrons. The summed E-state index contributed by atoms with van der Waals surface area (Å²) in [5, 5.41) is 8.54. The van der Waals surface area contributed by atoms with Crippen LogP contribution in [-0.4, -0.2) is 35.1 Å². The predicted octanol–water partition coefficient (Wildman–Crippen LogP) is -0.216. The lowest BCUT2D eigenvalue weighted by Crippen LogP contribution is -2.39. The third kappa shape index (κ3) is 2.10. The van der Waals surface area contributed by atoms with Crippen molar-refractivity contribution in [2.75, 3.05) is 13.1 Å². The zero-order valence-electron chi connectivity index (χ0n) is 6.68. The van der Waals surface area contributed by atoms with Crippen molar-refractivity contribution in [3.05, 3.63) is 24.4 Å². The van der Waals surface area contributed by atoms with Crippen molar-refractivity contribution in [2.45, 2.75) is 6.04 Å². The Morgan fingerprint density at radius 1 is 1.58 bits per heavy atom. The number of nitrogens with two attached hydrogens (primary N) is 1. The molecule has 0 aliphatic carbocycles. The van der Waals surface area contributed by atoms with E-state index < -0.39 is 5.97 Å². The van der Waals surface area contributed by atoms with Crippen molar-refractivity contribution in [3.63, 3.8) is 0 Å². The van der Waals surface area contributed by atoms with Crippen molar-refractivity contribution in [2.24, 2.45) is 5.73 Å². The summed E-state index contributed by atoms with van der Waals surface area (Å²) in [5.74, 6) is -0.839. The quantitative estimate of drug-likeness (QED) is 0.611. The molecule has 1 unspecified atom stereocenters. The molecule has 4 nitrogen and oxygen atoms in total. The van der Waals surface area contributed by atoms with Gasteiger partial charge in [0.1, 0.15) is 6.54 Å². The zero-order chi connectivity index (χ0) is 8.97. The third-order valence-corrected chi connectivity index (χ3v) is 1.71. The smallest absolute Gasteiger partial charge is 0.323 e. The standard InChI is InChI=1S/C8H12N2O2/c9-5-7-3-1-2-4-10(7)6-8(11)12/h1-4,7H,5-6,9H2,(H,11,12). The minimum Gasteiger partial charge on any atom is -0.480 e. The fourth-order valence-corrected chi connectivity index (χ4v) is 1.11. The molecule has 0 aromatic heterocycles. The maximum Gasteiger partial charge on any atom is 0.323 e. The minimum atomic E-state index is -0.839. The van der Waals surface area contributed by atoms with Crippen LogP contribution >= 0.6 is 0 Å². The summed E-state index contributed by atoms with van der Waals surface area (Å²) in [6.45, 7) is 0.441. The average Bonchev–Trinajstić information content (AvgIpc) is 2.04. The Morgan fingerprint density at radius 2 is 2.33 bits per heavy atom. The van der Waals surface area contributed by atoms with E-state index in [1.54, 1.807) is 17.2 Å². The van der Waals surface area contributed by atoms with Crippen LogP contribution in [0.25, 0.3) is 0 Å². The molecule has 0 aromatic carbocycles. The largest absolute Gasteiger partial charge is 0.480 e. The molecule has 0 saturated heterocycles. The van der Waals surface area contributed by atoms with Crippen LogP contribution in [0.3, 0.4) is 0 Å². The lowest BCUT2D eigenvalue weighted by Gasteiger charge is -2.27. The number of rotatable bonds is 3. The molecule has 1 aliphatic heterocycles. The number of nitrogens with zero attached hydrogens (tertiary/aromatic N) is 1. The van der Waals surface area contributed by atoms with E-state index in [2.05, 4.69) is 0 Å². The topological polar surface area (TPSA) is 66.6 Å². The number of hydrogen-bond donors (Lipinski definition) is 2. The lowest BCUT2D eigenvalue weighted by molar-refractivity contribution is -0.137. The van der Waals surface area contributed by atoms with Crippen LogP contribution < -0.4 is 5.73 Å². The van der Waals surface area contributed by atoms with E-state index in [0.29, 0.717) is 6.54 Å². The average molecular weight is 168 g/mol. The highest BCUT2D eigenvalue weighted by Crippen LogP contribution is 2.06. The maximum absolute atomic E-state index is 10.4. The number of carbonyl (C=O) groups is 1. The number of allylic oxidation sites excluding steroid dienone is 2. The highest BCUT2D eigenvalue weighted by molar-refractivity contribution is 5.69. The zero-order valence-corrected chi connectivity index (χ0v) is 6.68. The van der Waals surface area contributed by atoms with Crippen molar-refractivity contribution in [1.82, 2.24) is 4.90 Å². The number of aliphatic carboxylic acids is 1. The third-order valence-electron chi connectivity index (χ3n) is 1.71. The summed E-state index contributed by atoms with van der Waals surface area (Å²) in [5.41, 5.74) is 5.45. The first-order chi connectivity index (χ1) is 5.74. The molecular weight excluding hydrogens is 156 g/mol. The van der Waals surface area contributed by atoms with Crippen molar-refractivity contribution in [1.29, 1.82) is 0 Å². The van der Waals surface area contributed by atoms with Crippen LogP contribution in [0.4, 0.5) is 0 Å². The molecular formula is C8H12N2O2. The van der Waals surface area contributed by atoms with Gasteiger partial charge in [-0.25, -0.2) is 0 Å². The van der Waals surface area contributed by atoms with Gasteiger partial charge in [-0.05, 0) is 6.08 Å². The summed E-state index contributed by atoms with van der Waals surface area (Å²) in [7, 11) is 0. The maximum atomic E-state index is 10.4. The summed E-state index contributed by atoms with van der Waals surface area (Å²) in [6, 6.07) is 0.0195. The van der Waals surface area contributed by atoms with Gasteiger partial charge in [-0.2, -0.15) is 0 Å². The van der Waals surface area contributed by atoms with E-state index in [9.17, 15) is 4.79 Å². The molecule has 1 atom stereocenters. The van der Waals surface area contributed by atoms with Gasteiger partial charge in [-0.1, -0.05) is 12.2 Å². The van der Waals surface area contributed by atoms with Crippen LogP contribution in [0.1, 0.15) is 0 Å². The summed E-state index contributed by atoms with van der Waals surface area (Å²) in [6.07, 6.45) is 7.31. The molecule has 4 heteroatoms. The second-order valence-electron chi connectivity index (χ2n) is 2.60. The Bertz CT molecular complexity index is 223. The molecule has 0 fully saturated rings. The molecule has 0 spiro atoms. The molecule has 0 amide bonds. The highest BCUT2D eigenvalue weighted by atomic mass is 16.4. The first-order valence-corrected chi connectivity index (χ1v) is 3.76. The minimum absolute atomic E-state index is 0.00269. The second-order valence-corrected chi connectivity index (χ2v) is 2.60. The normalized spacial score (nSPS) is 21.4. The molecule has 3 N–H and O–H groups in total. The number of hydrogen-bond acceptors (Lipinski definition) is 3. The highest BCUT2D eigenvalue weighted by Gasteiger charge is 2.14. The van der Waals surface area contributed by atoms with Crippen molar-refractivity contribution >= 4 is 5.97 Å². The lowest BCUT2D eigenvalue weighted by atomic mass is 10.2. The summed E-state index contributed by atoms with van der Waals surface area (Å²) in [4.78, 5) is 12.1. The summed E-state index contributed by atoms with van der Waals surface area (Å²) < 4.78 is 0. The Kier molecular flexibility index (Phi) is 2.88. The molecule has 1 rings (SSSR count). The first kappa shape index (κ1) is 8.80. The van der Waals surface area contributed by atoms with Gasteiger partial charge in [0, 0.05) is 12.7 Å². The SMILES string of the molecule is NCC1C=CC=CN1CC(=O)O. The van der Waals surface area contributed by atoms with Gasteiger partial charge >= 0.3 is 5.97 Å². The van der Waals surface area contributed by atoms with Gasteiger partial charge in [0.05, 0.1) is 6.04 Å². The van der Waals surface area contributed by atoms with Crippen molar-refractivity contribution < 1.29 is 9.90 Å². The molecule has 1 aliphatic rings. The molecule has 0 aromatic rings. The Morgan fingerprint density at radius 3 is 2.92 bits per heavy atom. The number of carboxylic acids is 1. The molecule has 12 heavy (non-hydrogen) atoms. The van der Waals surface area contributed by atoms with E-state index in [1.807, 2.05) is 12.2 Å². The first-order valence-electron chi connectivity index (χ1n) is 3.76. The van der Waals surface area contributed by atoms with Gasteiger partial charge in [0.15, 0.2) is 0 Å².